The zero-order valence-electron chi connectivity index (χ0n) is 17.1. The van der Waals surface area contributed by atoms with E-state index in [1.807, 2.05) is 44.2 Å². The second-order valence-electron chi connectivity index (χ2n) is 7.02. The molecule has 1 heterocycles. The van der Waals surface area contributed by atoms with Gasteiger partial charge < -0.3 is 4.57 Å². The van der Waals surface area contributed by atoms with Gasteiger partial charge >= 0.3 is 0 Å². The Morgan fingerprint density at radius 2 is 1.86 bits per heavy atom. The first-order chi connectivity index (χ1) is 13.8. The van der Waals surface area contributed by atoms with Crippen molar-refractivity contribution in [2.24, 2.45) is 0 Å². The molecule has 0 N–H and O–H groups in total. The summed E-state index contributed by atoms with van der Waals surface area (Å²) < 4.78 is 29.4. The lowest BCUT2D eigenvalue weighted by molar-refractivity contribution is 0.445. The number of hydrogen-bond acceptors (Lipinski definition) is 4. The van der Waals surface area contributed by atoms with Crippen molar-refractivity contribution in [3.05, 3.63) is 53.1 Å². The summed E-state index contributed by atoms with van der Waals surface area (Å²) in [7, 11) is -3.51. The highest BCUT2D eigenvalue weighted by molar-refractivity contribution is 7.98. The minimum Gasteiger partial charge on any atom is -0.316 e. The Morgan fingerprint density at radius 1 is 1.14 bits per heavy atom. The van der Waals surface area contributed by atoms with E-state index in [2.05, 4.69) is 18.4 Å². The summed E-state index contributed by atoms with van der Waals surface area (Å²) in [5.41, 5.74) is 2.75. The number of aromatic nitrogens is 2. The highest BCUT2D eigenvalue weighted by atomic mass is 35.5. The van der Waals surface area contributed by atoms with E-state index in [0.717, 1.165) is 22.0 Å². The molecular weight excluding hydrogens is 426 g/mol. The lowest BCUT2D eigenvalue weighted by Gasteiger charge is -2.18. The van der Waals surface area contributed by atoms with Crippen LogP contribution in [0.1, 0.15) is 39.3 Å². The van der Waals surface area contributed by atoms with Gasteiger partial charge in [-0.2, -0.15) is 4.31 Å². The first-order valence-corrected chi connectivity index (χ1v) is 12.5. The molecule has 0 atom stereocenters. The fourth-order valence-electron chi connectivity index (χ4n) is 3.31. The number of sulfonamides is 1. The van der Waals surface area contributed by atoms with Gasteiger partial charge in [-0.15, -0.1) is 0 Å². The molecule has 0 spiro atoms. The summed E-state index contributed by atoms with van der Waals surface area (Å²) in [5, 5.41) is 1.58. The zero-order valence-corrected chi connectivity index (χ0v) is 19.5. The number of halogens is 1. The van der Waals surface area contributed by atoms with Crippen molar-refractivity contribution in [1.29, 1.82) is 0 Å². The predicted molar refractivity (Wildman–Crippen MR) is 121 cm³/mol. The Hall–Kier alpha value is -1.54. The Balaban J connectivity index is 1.99. The second kappa shape index (κ2) is 9.08. The monoisotopic (exact) mass is 451 g/mol. The SMILES string of the molecule is CCN(CC)S(=O)(=O)c1ccc2c(c1)nc(SCc1cccc(Cl)c1)n2C(C)C. The number of imidazole rings is 1. The van der Waals surface area contributed by atoms with E-state index in [1.54, 1.807) is 23.9 Å². The van der Waals surface area contributed by atoms with Crippen LogP contribution in [-0.2, 0) is 15.8 Å². The fraction of sp³-hybridized carbons (Fsp3) is 0.381. The highest BCUT2D eigenvalue weighted by Crippen LogP contribution is 2.31. The first-order valence-electron chi connectivity index (χ1n) is 9.67. The van der Waals surface area contributed by atoms with Crippen molar-refractivity contribution in [2.75, 3.05) is 13.1 Å². The zero-order chi connectivity index (χ0) is 21.2. The average molecular weight is 452 g/mol. The molecule has 0 aliphatic rings. The van der Waals surface area contributed by atoms with Crippen LogP contribution in [0.25, 0.3) is 11.0 Å². The molecule has 5 nitrogen and oxygen atoms in total. The van der Waals surface area contributed by atoms with Crippen LogP contribution in [0.4, 0.5) is 0 Å². The minimum atomic E-state index is -3.51. The van der Waals surface area contributed by atoms with E-state index in [-0.39, 0.29) is 10.9 Å². The molecule has 0 bridgehead atoms. The molecule has 0 saturated heterocycles. The smallest absolute Gasteiger partial charge is 0.243 e. The second-order valence-corrected chi connectivity index (χ2v) is 10.3. The first kappa shape index (κ1) is 22.2. The standard InChI is InChI=1S/C21H26ClN3O2S2/c1-5-24(6-2)29(26,27)18-10-11-20-19(13-18)23-21(25(20)15(3)4)28-14-16-8-7-9-17(22)12-16/h7-13,15H,5-6,14H2,1-4H3. The van der Waals surface area contributed by atoms with Gasteiger partial charge in [0.25, 0.3) is 0 Å². The molecule has 0 unspecified atom stereocenters. The summed E-state index contributed by atoms with van der Waals surface area (Å²) in [4.78, 5) is 5.05. The van der Waals surface area contributed by atoms with Gasteiger partial charge in [0.2, 0.25) is 10.0 Å². The fourth-order valence-corrected chi connectivity index (χ4v) is 6.08. The Labute approximate surface area is 182 Å². The molecular formula is C21H26ClN3O2S2. The lowest BCUT2D eigenvalue weighted by atomic mass is 10.2. The molecule has 1 aromatic heterocycles. The molecule has 29 heavy (non-hydrogen) atoms. The molecule has 0 fully saturated rings. The predicted octanol–water partition coefficient (Wildman–Crippen LogP) is 5.59. The minimum absolute atomic E-state index is 0.201. The highest BCUT2D eigenvalue weighted by Gasteiger charge is 2.23. The van der Waals surface area contributed by atoms with Crippen molar-refractivity contribution in [3.63, 3.8) is 0 Å². The maximum Gasteiger partial charge on any atom is 0.243 e. The van der Waals surface area contributed by atoms with Crippen LogP contribution in [0.5, 0.6) is 0 Å². The van der Waals surface area contributed by atoms with Crippen molar-refractivity contribution in [1.82, 2.24) is 13.9 Å². The van der Waals surface area contributed by atoms with Crippen molar-refractivity contribution >= 4 is 44.4 Å². The normalized spacial score (nSPS) is 12.4. The van der Waals surface area contributed by atoms with E-state index in [4.69, 9.17) is 16.6 Å². The molecule has 156 valence electrons. The molecule has 0 radical (unpaired) electrons. The average Bonchev–Trinajstić information content (AvgIpc) is 3.05. The van der Waals surface area contributed by atoms with Crippen molar-refractivity contribution in [3.8, 4) is 0 Å². The van der Waals surface area contributed by atoms with Crippen molar-refractivity contribution < 1.29 is 8.42 Å². The van der Waals surface area contributed by atoms with Gasteiger partial charge in [0, 0.05) is 29.9 Å². The van der Waals surface area contributed by atoms with E-state index in [9.17, 15) is 8.42 Å². The molecule has 0 saturated carbocycles. The number of fused-ring (bicyclic) bond motifs is 1. The van der Waals surface area contributed by atoms with Crippen LogP contribution in [0.2, 0.25) is 5.02 Å². The van der Waals surface area contributed by atoms with E-state index in [0.29, 0.717) is 23.6 Å². The van der Waals surface area contributed by atoms with Crippen LogP contribution in [-0.4, -0.2) is 35.4 Å². The Bertz CT molecular complexity index is 1110. The van der Waals surface area contributed by atoms with Crippen LogP contribution < -0.4 is 0 Å². The molecule has 2 aromatic carbocycles. The Morgan fingerprint density at radius 3 is 2.48 bits per heavy atom. The van der Waals surface area contributed by atoms with Crippen LogP contribution in [0.3, 0.4) is 0 Å². The van der Waals surface area contributed by atoms with Gasteiger partial charge in [0.1, 0.15) is 0 Å². The summed E-state index contributed by atoms with van der Waals surface area (Å²) in [6.07, 6.45) is 0. The number of rotatable bonds is 8. The topological polar surface area (TPSA) is 55.2 Å². The summed E-state index contributed by atoms with van der Waals surface area (Å²) in [5.74, 6) is 0.737. The van der Waals surface area contributed by atoms with Gasteiger partial charge in [0.15, 0.2) is 5.16 Å². The van der Waals surface area contributed by atoms with E-state index in [1.165, 1.54) is 4.31 Å². The van der Waals surface area contributed by atoms with E-state index < -0.39 is 10.0 Å². The molecule has 0 aliphatic carbocycles. The van der Waals surface area contributed by atoms with E-state index >= 15 is 0 Å². The molecule has 0 aliphatic heterocycles. The van der Waals surface area contributed by atoms with Gasteiger partial charge in [-0.3, -0.25) is 0 Å². The number of nitrogens with zero attached hydrogens (tertiary/aromatic N) is 3. The molecule has 3 aromatic rings. The summed E-state index contributed by atoms with van der Waals surface area (Å²) >= 11 is 7.72. The third kappa shape index (κ3) is 4.63. The third-order valence-electron chi connectivity index (χ3n) is 4.75. The third-order valence-corrected chi connectivity index (χ3v) is 8.05. The van der Waals surface area contributed by atoms with Gasteiger partial charge in [0.05, 0.1) is 15.9 Å². The van der Waals surface area contributed by atoms with Crippen LogP contribution in [0, 0.1) is 0 Å². The van der Waals surface area contributed by atoms with Crippen LogP contribution >= 0.6 is 23.4 Å². The maximum absolute atomic E-state index is 12.9. The molecule has 8 heteroatoms. The lowest BCUT2D eigenvalue weighted by Crippen LogP contribution is -2.30. The van der Waals surface area contributed by atoms with Crippen molar-refractivity contribution in [2.45, 2.75) is 49.5 Å². The van der Waals surface area contributed by atoms with Crippen LogP contribution in [0.15, 0.2) is 52.5 Å². The van der Waals surface area contributed by atoms with Gasteiger partial charge in [-0.25, -0.2) is 13.4 Å². The maximum atomic E-state index is 12.9. The molecule has 3 rings (SSSR count). The number of benzene rings is 2. The number of hydrogen-bond donors (Lipinski definition) is 0. The largest absolute Gasteiger partial charge is 0.316 e. The summed E-state index contributed by atoms with van der Waals surface area (Å²) in [6, 6.07) is 13.2. The quantitative estimate of drug-likeness (QED) is 0.418. The summed E-state index contributed by atoms with van der Waals surface area (Å²) in [6.45, 7) is 8.78. The Kier molecular flexibility index (Phi) is 6.94. The number of thioether (sulfide) groups is 1. The molecule has 0 amide bonds. The van der Waals surface area contributed by atoms with Gasteiger partial charge in [-0.1, -0.05) is 49.3 Å². The van der Waals surface area contributed by atoms with Gasteiger partial charge in [-0.05, 0) is 49.7 Å².